The summed E-state index contributed by atoms with van der Waals surface area (Å²) in [7, 11) is 0. The highest BCUT2D eigenvalue weighted by Gasteiger charge is 2.14. The van der Waals surface area contributed by atoms with E-state index in [1.807, 2.05) is 37.3 Å². The molecule has 1 heterocycles. The van der Waals surface area contributed by atoms with Crippen LogP contribution in [0.15, 0.2) is 54.6 Å². The van der Waals surface area contributed by atoms with Gasteiger partial charge in [-0.15, -0.1) is 0 Å². The van der Waals surface area contributed by atoms with Crippen LogP contribution >= 0.6 is 0 Å². The Kier molecular flexibility index (Phi) is 3.20. The van der Waals surface area contributed by atoms with Crippen molar-refractivity contribution in [3.05, 3.63) is 77.2 Å². The molecule has 3 heteroatoms. The lowest BCUT2D eigenvalue weighted by Gasteiger charge is -2.13. The highest BCUT2D eigenvalue weighted by atomic mass is 19.1. The van der Waals surface area contributed by atoms with E-state index in [2.05, 4.69) is 4.98 Å². The molecule has 0 saturated heterocycles. The number of aliphatic hydroxyl groups excluding tert-OH is 1. The van der Waals surface area contributed by atoms with Gasteiger partial charge in [0.1, 0.15) is 11.9 Å². The Morgan fingerprint density at radius 1 is 1.05 bits per heavy atom. The molecular formula is C17H14FNO. The second-order valence-electron chi connectivity index (χ2n) is 4.84. The summed E-state index contributed by atoms with van der Waals surface area (Å²) in [5.41, 5.74) is 2.91. The Morgan fingerprint density at radius 2 is 1.85 bits per heavy atom. The Hall–Kier alpha value is -2.26. The molecule has 3 rings (SSSR count). The molecule has 0 aliphatic carbocycles. The van der Waals surface area contributed by atoms with Crippen LogP contribution in [-0.2, 0) is 0 Å². The smallest absolute Gasteiger partial charge is 0.123 e. The van der Waals surface area contributed by atoms with Gasteiger partial charge in [0.25, 0.3) is 0 Å². The summed E-state index contributed by atoms with van der Waals surface area (Å²) in [5, 5.41) is 11.4. The number of para-hydroxylation sites is 1. The van der Waals surface area contributed by atoms with E-state index < -0.39 is 6.10 Å². The zero-order valence-corrected chi connectivity index (χ0v) is 11.0. The van der Waals surface area contributed by atoms with Crippen molar-refractivity contribution < 1.29 is 9.50 Å². The highest BCUT2D eigenvalue weighted by molar-refractivity contribution is 5.82. The number of nitrogens with zero attached hydrogens (tertiary/aromatic N) is 1. The molecule has 0 aliphatic heterocycles. The standard InChI is InChI=1S/C17H14FNO/c1-11-9-16(19-15-8-3-2-7-14(11)15)17(20)12-5-4-6-13(18)10-12/h2-10,17,20H,1H3. The van der Waals surface area contributed by atoms with E-state index in [1.54, 1.807) is 12.1 Å². The Labute approximate surface area is 116 Å². The minimum absolute atomic E-state index is 0.362. The average Bonchev–Trinajstić information content (AvgIpc) is 2.46. The van der Waals surface area contributed by atoms with E-state index in [1.165, 1.54) is 12.1 Å². The zero-order valence-electron chi connectivity index (χ0n) is 11.0. The third kappa shape index (κ3) is 2.28. The number of aromatic nitrogens is 1. The fourth-order valence-corrected chi connectivity index (χ4v) is 2.36. The molecule has 0 fully saturated rings. The number of aryl methyl sites for hydroxylation is 1. The van der Waals surface area contributed by atoms with E-state index in [-0.39, 0.29) is 5.82 Å². The van der Waals surface area contributed by atoms with Gasteiger partial charge in [0.05, 0.1) is 11.2 Å². The number of rotatable bonds is 2. The van der Waals surface area contributed by atoms with E-state index in [0.717, 1.165) is 16.5 Å². The zero-order chi connectivity index (χ0) is 14.1. The normalized spacial score (nSPS) is 12.6. The minimum Gasteiger partial charge on any atom is -0.382 e. The lowest BCUT2D eigenvalue weighted by atomic mass is 10.0. The predicted molar refractivity (Wildman–Crippen MR) is 76.9 cm³/mol. The predicted octanol–water partition coefficient (Wildman–Crippen LogP) is 3.76. The van der Waals surface area contributed by atoms with Gasteiger partial charge in [-0.2, -0.15) is 0 Å². The fourth-order valence-electron chi connectivity index (χ4n) is 2.36. The third-order valence-corrected chi connectivity index (χ3v) is 3.39. The van der Waals surface area contributed by atoms with E-state index in [0.29, 0.717) is 11.3 Å². The molecule has 1 N–H and O–H groups in total. The molecule has 2 nitrogen and oxygen atoms in total. The van der Waals surface area contributed by atoms with Crippen LogP contribution in [0.3, 0.4) is 0 Å². The summed E-state index contributed by atoms with van der Waals surface area (Å²) in [6.45, 7) is 1.98. The lowest BCUT2D eigenvalue weighted by molar-refractivity contribution is 0.215. The Bertz CT molecular complexity index is 770. The Morgan fingerprint density at radius 3 is 2.65 bits per heavy atom. The van der Waals surface area contributed by atoms with Gasteiger partial charge in [-0.1, -0.05) is 30.3 Å². The maximum Gasteiger partial charge on any atom is 0.123 e. The quantitative estimate of drug-likeness (QED) is 0.766. The van der Waals surface area contributed by atoms with Gasteiger partial charge in [-0.05, 0) is 42.3 Å². The molecule has 0 saturated carbocycles. The van der Waals surface area contributed by atoms with Gasteiger partial charge in [0.15, 0.2) is 0 Å². The lowest BCUT2D eigenvalue weighted by Crippen LogP contribution is -2.03. The molecule has 0 amide bonds. The maximum absolute atomic E-state index is 13.2. The SMILES string of the molecule is Cc1cc(C(O)c2cccc(F)c2)nc2ccccc12. The number of pyridine rings is 1. The number of hydrogen-bond donors (Lipinski definition) is 1. The molecule has 0 bridgehead atoms. The van der Waals surface area contributed by atoms with Gasteiger partial charge in [0, 0.05) is 5.39 Å². The summed E-state index contributed by atoms with van der Waals surface area (Å²) in [6, 6.07) is 15.6. The number of hydrogen-bond acceptors (Lipinski definition) is 2. The van der Waals surface area contributed by atoms with Gasteiger partial charge >= 0.3 is 0 Å². The molecule has 0 aliphatic rings. The van der Waals surface area contributed by atoms with E-state index >= 15 is 0 Å². The largest absolute Gasteiger partial charge is 0.382 e. The molecule has 1 aromatic heterocycles. The Balaban J connectivity index is 2.10. The van der Waals surface area contributed by atoms with Crippen LogP contribution in [0.2, 0.25) is 0 Å². The van der Waals surface area contributed by atoms with Crippen molar-refractivity contribution in [1.82, 2.24) is 4.98 Å². The molecule has 1 atom stereocenters. The number of benzene rings is 2. The fraction of sp³-hybridized carbons (Fsp3) is 0.118. The molecule has 20 heavy (non-hydrogen) atoms. The first-order valence-electron chi connectivity index (χ1n) is 6.45. The number of fused-ring (bicyclic) bond motifs is 1. The van der Waals surface area contributed by atoms with Crippen LogP contribution in [0.25, 0.3) is 10.9 Å². The molecule has 3 aromatic rings. The summed E-state index contributed by atoms with van der Waals surface area (Å²) in [6.07, 6.45) is -0.922. The first kappa shape index (κ1) is 12.8. The average molecular weight is 267 g/mol. The molecule has 2 aromatic carbocycles. The van der Waals surface area contributed by atoms with Crippen molar-refractivity contribution in [2.24, 2.45) is 0 Å². The first-order chi connectivity index (χ1) is 9.65. The maximum atomic E-state index is 13.2. The number of aliphatic hydroxyl groups is 1. The summed E-state index contributed by atoms with van der Waals surface area (Å²) in [5.74, 6) is -0.362. The van der Waals surface area contributed by atoms with E-state index in [4.69, 9.17) is 0 Å². The molecular weight excluding hydrogens is 253 g/mol. The second kappa shape index (κ2) is 5.02. The second-order valence-corrected chi connectivity index (χ2v) is 4.84. The van der Waals surface area contributed by atoms with Crippen molar-refractivity contribution >= 4 is 10.9 Å². The van der Waals surface area contributed by atoms with Crippen LogP contribution in [-0.4, -0.2) is 10.1 Å². The van der Waals surface area contributed by atoms with Crippen LogP contribution in [0.4, 0.5) is 4.39 Å². The van der Waals surface area contributed by atoms with Crippen molar-refractivity contribution in [2.45, 2.75) is 13.0 Å². The van der Waals surface area contributed by atoms with Crippen molar-refractivity contribution in [3.63, 3.8) is 0 Å². The minimum atomic E-state index is -0.922. The van der Waals surface area contributed by atoms with Gasteiger partial charge in [-0.3, -0.25) is 0 Å². The van der Waals surface area contributed by atoms with E-state index in [9.17, 15) is 9.50 Å². The van der Waals surface area contributed by atoms with Crippen molar-refractivity contribution in [3.8, 4) is 0 Å². The molecule has 100 valence electrons. The topological polar surface area (TPSA) is 33.1 Å². The van der Waals surface area contributed by atoms with Crippen molar-refractivity contribution in [1.29, 1.82) is 0 Å². The highest BCUT2D eigenvalue weighted by Crippen LogP contribution is 2.25. The van der Waals surface area contributed by atoms with Gasteiger partial charge in [0.2, 0.25) is 0 Å². The first-order valence-corrected chi connectivity index (χ1v) is 6.45. The van der Waals surface area contributed by atoms with Crippen LogP contribution in [0.1, 0.15) is 22.9 Å². The molecule has 0 spiro atoms. The van der Waals surface area contributed by atoms with Crippen LogP contribution in [0.5, 0.6) is 0 Å². The van der Waals surface area contributed by atoms with Crippen molar-refractivity contribution in [2.75, 3.05) is 0 Å². The number of halogens is 1. The third-order valence-electron chi connectivity index (χ3n) is 3.39. The van der Waals surface area contributed by atoms with Crippen LogP contribution < -0.4 is 0 Å². The molecule has 1 unspecified atom stereocenters. The summed E-state index contributed by atoms with van der Waals surface area (Å²) >= 11 is 0. The van der Waals surface area contributed by atoms with Crippen LogP contribution in [0, 0.1) is 12.7 Å². The van der Waals surface area contributed by atoms with Gasteiger partial charge < -0.3 is 5.11 Å². The monoisotopic (exact) mass is 267 g/mol. The molecule has 0 radical (unpaired) electrons. The summed E-state index contributed by atoms with van der Waals surface area (Å²) in [4.78, 5) is 4.47. The summed E-state index contributed by atoms with van der Waals surface area (Å²) < 4.78 is 13.2. The van der Waals surface area contributed by atoms with Gasteiger partial charge in [-0.25, -0.2) is 9.37 Å².